The smallest absolute Gasteiger partial charge is 0.165 e. The highest BCUT2D eigenvalue weighted by Crippen LogP contribution is 2.50. The van der Waals surface area contributed by atoms with Gasteiger partial charge < -0.3 is 8.97 Å². The number of para-hydroxylation sites is 4. The van der Waals surface area contributed by atoms with Crippen LogP contribution in [0.15, 0.2) is 200 Å². The zero-order valence-electron chi connectivity index (χ0n) is 33.8. The Labute approximate surface area is 359 Å². The predicted molar refractivity (Wildman–Crippen MR) is 263 cm³/mol. The summed E-state index contributed by atoms with van der Waals surface area (Å²) in [4.78, 5) is 11.5. The van der Waals surface area contributed by atoms with Crippen LogP contribution in [0, 0.1) is 0 Å². The van der Waals surface area contributed by atoms with Crippen molar-refractivity contribution in [2.45, 2.75) is 0 Å². The lowest BCUT2D eigenvalue weighted by molar-refractivity contribution is 1.08. The van der Waals surface area contributed by atoms with Gasteiger partial charge in [0.15, 0.2) is 5.82 Å². The fourth-order valence-corrected chi connectivity index (χ4v) is 11.2. The van der Waals surface area contributed by atoms with E-state index in [2.05, 4.69) is 214 Å². The molecule has 0 aliphatic carbocycles. The minimum atomic E-state index is 0.797. The largest absolute Gasteiger partial charge is 0.308 e. The summed E-state index contributed by atoms with van der Waals surface area (Å²) in [5.74, 6) is 0.797. The minimum absolute atomic E-state index is 0.797. The molecule has 0 atom stereocenters. The second-order valence-corrected chi connectivity index (χ2v) is 16.9. The number of aromatic nitrogens is 5. The zero-order valence-corrected chi connectivity index (χ0v) is 33.8. The van der Waals surface area contributed by atoms with E-state index in [1.807, 2.05) is 0 Å². The van der Waals surface area contributed by atoms with Crippen molar-refractivity contribution in [3.8, 4) is 22.8 Å². The van der Waals surface area contributed by atoms with Gasteiger partial charge in [-0.3, -0.25) is 4.57 Å². The van der Waals surface area contributed by atoms with E-state index in [9.17, 15) is 0 Å². The van der Waals surface area contributed by atoms with Crippen LogP contribution in [0.4, 0.5) is 0 Å². The minimum Gasteiger partial charge on any atom is -0.308 e. The third kappa shape index (κ3) is 4.25. The Kier molecular flexibility index (Phi) is 6.36. The summed E-state index contributed by atoms with van der Waals surface area (Å²) in [5.41, 5.74) is 12.7. The van der Waals surface area contributed by atoms with Gasteiger partial charge in [-0.2, -0.15) is 0 Å². The Morgan fingerprint density at radius 1 is 0.333 bits per heavy atom. The number of fused-ring (bicyclic) bond motifs is 14. The number of hydrogen-bond acceptors (Lipinski definition) is 2. The molecule has 0 unspecified atom stereocenters. The van der Waals surface area contributed by atoms with Gasteiger partial charge in [0.25, 0.3) is 0 Å². The Balaban J connectivity index is 1.32. The first-order valence-corrected chi connectivity index (χ1v) is 21.6. The van der Waals surface area contributed by atoms with Crippen molar-refractivity contribution in [3.63, 3.8) is 0 Å². The summed E-state index contributed by atoms with van der Waals surface area (Å²) in [7, 11) is 0. The molecule has 5 heterocycles. The molecule has 0 aliphatic rings. The summed E-state index contributed by atoms with van der Waals surface area (Å²) in [6, 6.07) is 72.8. The number of benzene rings is 10. The fourth-order valence-electron chi connectivity index (χ4n) is 11.2. The summed E-state index contributed by atoms with van der Waals surface area (Å²) in [6.07, 6.45) is 0. The Morgan fingerprint density at radius 2 is 0.984 bits per heavy atom. The molecule has 0 aliphatic heterocycles. The summed E-state index contributed by atoms with van der Waals surface area (Å²) >= 11 is 0. The molecule has 0 fully saturated rings. The van der Waals surface area contributed by atoms with Crippen LogP contribution in [-0.4, -0.2) is 23.5 Å². The maximum atomic E-state index is 5.88. The Hall–Kier alpha value is -8.54. The number of nitrogens with zero attached hydrogens (tertiary/aromatic N) is 5. The summed E-state index contributed by atoms with van der Waals surface area (Å²) in [6.45, 7) is 0. The molecule has 0 bridgehead atoms. The molecule has 0 spiro atoms. The van der Waals surface area contributed by atoms with Crippen LogP contribution in [0.5, 0.6) is 0 Å². The molecular formula is C58H33N5. The topological polar surface area (TPSA) is 40.1 Å². The number of rotatable bonds is 3. The Morgan fingerprint density at radius 3 is 1.81 bits per heavy atom. The average Bonchev–Trinajstić information content (AvgIpc) is 3.96. The van der Waals surface area contributed by atoms with Gasteiger partial charge in [-0.1, -0.05) is 158 Å². The van der Waals surface area contributed by atoms with Gasteiger partial charge in [-0.15, -0.1) is 0 Å². The second kappa shape index (κ2) is 12.1. The van der Waals surface area contributed by atoms with Crippen molar-refractivity contribution in [2.75, 3.05) is 0 Å². The van der Waals surface area contributed by atoms with Crippen molar-refractivity contribution in [2.24, 2.45) is 0 Å². The lowest BCUT2D eigenvalue weighted by atomic mass is 9.97. The first kappa shape index (κ1) is 33.2. The van der Waals surface area contributed by atoms with Crippen LogP contribution in [0.2, 0.25) is 0 Å². The van der Waals surface area contributed by atoms with E-state index in [1.54, 1.807) is 0 Å². The van der Waals surface area contributed by atoms with Crippen molar-refractivity contribution >= 4 is 114 Å². The van der Waals surface area contributed by atoms with Crippen LogP contribution >= 0.6 is 0 Å². The quantitative estimate of drug-likeness (QED) is 0.167. The molecule has 0 amide bonds. The van der Waals surface area contributed by atoms with Gasteiger partial charge in [-0.25, -0.2) is 9.97 Å². The van der Waals surface area contributed by atoms with Crippen LogP contribution in [-0.2, 0) is 0 Å². The molecule has 290 valence electrons. The van der Waals surface area contributed by atoms with Gasteiger partial charge in [-0.05, 0) is 58.6 Å². The molecule has 0 saturated carbocycles. The van der Waals surface area contributed by atoms with Crippen molar-refractivity contribution < 1.29 is 0 Å². The van der Waals surface area contributed by atoms with E-state index in [-0.39, 0.29) is 0 Å². The highest BCUT2D eigenvalue weighted by atomic mass is 15.1. The molecule has 5 aromatic heterocycles. The van der Waals surface area contributed by atoms with Gasteiger partial charge in [0.1, 0.15) is 5.69 Å². The molecule has 10 aromatic carbocycles. The molecule has 63 heavy (non-hydrogen) atoms. The molecule has 0 saturated heterocycles. The van der Waals surface area contributed by atoms with E-state index in [1.165, 1.54) is 64.9 Å². The first-order valence-electron chi connectivity index (χ1n) is 21.6. The van der Waals surface area contributed by atoms with Gasteiger partial charge >= 0.3 is 0 Å². The lowest BCUT2D eigenvalue weighted by Crippen LogP contribution is -2.05. The molecule has 5 nitrogen and oxygen atoms in total. The van der Waals surface area contributed by atoms with Gasteiger partial charge in [0.05, 0.1) is 49.7 Å². The van der Waals surface area contributed by atoms with Crippen LogP contribution in [0.1, 0.15) is 0 Å². The number of hydrogen-bond donors (Lipinski definition) is 0. The van der Waals surface area contributed by atoms with Crippen molar-refractivity contribution in [1.29, 1.82) is 0 Å². The van der Waals surface area contributed by atoms with E-state index < -0.39 is 0 Å². The highest BCUT2D eigenvalue weighted by Gasteiger charge is 2.30. The van der Waals surface area contributed by atoms with Crippen LogP contribution in [0.25, 0.3) is 137 Å². The standard InChI is InChI=1S/C58H33N5/c1-3-17-35(18-4-1)53-58(60-54-39-23-10-7-16-34(39)30-31-45(54)59-53)63-48-32-36-19-8-9-22-38(36)50-43-27-15-26-42-40-24-11-14-29-47(40)62(55(42)43)49-33-44-41-25-12-13-28-46(41)61(37-20-5-2-6-21-37)56(44)57(63)52(49)51(48)50/h1-33H. The predicted octanol–water partition coefficient (Wildman–Crippen LogP) is 14.9. The van der Waals surface area contributed by atoms with Crippen molar-refractivity contribution in [1.82, 2.24) is 23.5 Å². The summed E-state index contributed by atoms with van der Waals surface area (Å²) in [5, 5.41) is 14.3. The molecule has 15 aromatic rings. The van der Waals surface area contributed by atoms with Gasteiger partial charge in [0.2, 0.25) is 0 Å². The van der Waals surface area contributed by atoms with Gasteiger partial charge in [0, 0.05) is 59.7 Å². The average molecular weight is 800 g/mol. The maximum Gasteiger partial charge on any atom is 0.165 e. The fraction of sp³-hybridized carbons (Fsp3) is 0. The van der Waals surface area contributed by atoms with E-state index in [4.69, 9.17) is 9.97 Å². The van der Waals surface area contributed by atoms with E-state index in [0.717, 1.165) is 72.2 Å². The monoisotopic (exact) mass is 799 g/mol. The third-order valence-electron chi connectivity index (χ3n) is 13.7. The van der Waals surface area contributed by atoms with Crippen LogP contribution < -0.4 is 0 Å². The second-order valence-electron chi connectivity index (χ2n) is 16.9. The zero-order chi connectivity index (χ0) is 40.9. The first-order chi connectivity index (χ1) is 31.3. The SMILES string of the molecule is c1ccc(-c2nc3ccc4ccccc4c3nc2-n2c3cc4ccccc4c4c5cccc6c7ccccc7n(c7cc8c9ccccc9n(-c9ccccc9)c8c2c7c43)c65)cc1. The molecule has 15 rings (SSSR count). The molecular weight excluding hydrogens is 767 g/mol. The third-order valence-corrected chi connectivity index (χ3v) is 13.7. The molecule has 0 radical (unpaired) electrons. The normalized spacial score (nSPS) is 12.4. The molecule has 5 heteroatoms. The van der Waals surface area contributed by atoms with E-state index >= 15 is 0 Å². The highest BCUT2D eigenvalue weighted by molar-refractivity contribution is 6.40. The van der Waals surface area contributed by atoms with Crippen molar-refractivity contribution in [3.05, 3.63) is 200 Å². The summed E-state index contributed by atoms with van der Waals surface area (Å²) < 4.78 is 7.52. The Bertz CT molecular complexity index is 4420. The van der Waals surface area contributed by atoms with E-state index in [0.29, 0.717) is 0 Å². The molecule has 0 N–H and O–H groups in total. The van der Waals surface area contributed by atoms with Crippen LogP contribution in [0.3, 0.4) is 0 Å². The maximum absolute atomic E-state index is 5.88. The lowest BCUT2D eigenvalue weighted by Gasteiger charge is -2.17.